The number of rotatable bonds is 8. The van der Waals surface area contributed by atoms with Crippen molar-refractivity contribution in [2.75, 3.05) is 18.0 Å². The van der Waals surface area contributed by atoms with Gasteiger partial charge in [0.2, 0.25) is 0 Å². The molecule has 2 N–H and O–H groups in total. The Hall–Kier alpha value is -2.04. The highest BCUT2D eigenvalue weighted by atomic mass is 16.4. The summed E-state index contributed by atoms with van der Waals surface area (Å²) in [6, 6.07) is 7.71. The summed E-state index contributed by atoms with van der Waals surface area (Å²) in [4.78, 5) is 23.2. The molecule has 0 unspecified atom stereocenters. The predicted molar refractivity (Wildman–Crippen MR) is 72.5 cm³/mol. The van der Waals surface area contributed by atoms with Gasteiger partial charge in [-0.3, -0.25) is 9.59 Å². The van der Waals surface area contributed by atoms with Gasteiger partial charge in [-0.1, -0.05) is 18.2 Å². The number of hydrogen-bond donors (Lipinski definition) is 2. The third kappa shape index (κ3) is 5.42. The van der Waals surface area contributed by atoms with Crippen LogP contribution in [0.1, 0.15) is 24.8 Å². The highest BCUT2D eigenvalue weighted by molar-refractivity contribution is 5.68. The number of para-hydroxylation sites is 1. The van der Waals surface area contributed by atoms with Crippen LogP contribution in [0.4, 0.5) is 5.69 Å². The minimum atomic E-state index is -0.850. The molecule has 0 amide bonds. The Labute approximate surface area is 112 Å². The van der Waals surface area contributed by atoms with Gasteiger partial charge >= 0.3 is 11.9 Å². The summed E-state index contributed by atoms with van der Waals surface area (Å²) in [6.45, 7) is 2.89. The van der Waals surface area contributed by atoms with Crippen LogP contribution >= 0.6 is 0 Å². The second-order valence-electron chi connectivity index (χ2n) is 4.41. The minimum absolute atomic E-state index is 0.0431. The van der Waals surface area contributed by atoms with E-state index in [1.54, 1.807) is 0 Å². The Morgan fingerprint density at radius 3 is 2.26 bits per heavy atom. The van der Waals surface area contributed by atoms with Crippen molar-refractivity contribution in [2.45, 2.75) is 26.2 Å². The summed E-state index contributed by atoms with van der Waals surface area (Å²) in [5.41, 5.74) is 2.03. The molecule has 1 rings (SSSR count). The fourth-order valence-electron chi connectivity index (χ4n) is 1.92. The van der Waals surface area contributed by atoms with Crippen molar-refractivity contribution in [2.24, 2.45) is 0 Å². The van der Waals surface area contributed by atoms with Crippen molar-refractivity contribution in [3.63, 3.8) is 0 Å². The smallest absolute Gasteiger partial charge is 0.305 e. The maximum atomic E-state index is 10.7. The number of carboxylic acids is 2. The molecular formula is C14H19NO4. The van der Waals surface area contributed by atoms with Crippen molar-refractivity contribution in [3.8, 4) is 0 Å². The van der Waals surface area contributed by atoms with E-state index in [4.69, 9.17) is 10.2 Å². The molecule has 0 aliphatic heterocycles. The molecule has 0 saturated heterocycles. The number of aryl methyl sites for hydroxylation is 1. The molecule has 0 spiro atoms. The highest BCUT2D eigenvalue weighted by Gasteiger charge is 2.11. The predicted octanol–water partition coefficient (Wildman–Crippen LogP) is 2.14. The fourth-order valence-corrected chi connectivity index (χ4v) is 1.92. The van der Waals surface area contributed by atoms with E-state index in [0.29, 0.717) is 19.5 Å². The summed E-state index contributed by atoms with van der Waals surface area (Å²) in [5, 5.41) is 17.4. The Morgan fingerprint density at radius 2 is 1.68 bits per heavy atom. The first kappa shape index (κ1) is 15.0. The van der Waals surface area contributed by atoms with Crippen LogP contribution < -0.4 is 4.90 Å². The maximum Gasteiger partial charge on any atom is 0.305 e. The van der Waals surface area contributed by atoms with E-state index >= 15 is 0 Å². The molecule has 0 aliphatic rings. The van der Waals surface area contributed by atoms with Gasteiger partial charge in [0.25, 0.3) is 0 Å². The lowest BCUT2D eigenvalue weighted by Crippen LogP contribution is -2.28. The largest absolute Gasteiger partial charge is 0.481 e. The molecule has 0 saturated carbocycles. The van der Waals surface area contributed by atoms with Gasteiger partial charge in [-0.15, -0.1) is 0 Å². The van der Waals surface area contributed by atoms with Crippen LogP contribution in [0.3, 0.4) is 0 Å². The van der Waals surface area contributed by atoms with Gasteiger partial charge in [0.15, 0.2) is 0 Å². The normalized spacial score (nSPS) is 10.2. The van der Waals surface area contributed by atoms with E-state index in [-0.39, 0.29) is 12.8 Å². The van der Waals surface area contributed by atoms with Crippen molar-refractivity contribution < 1.29 is 19.8 Å². The third-order valence-electron chi connectivity index (χ3n) is 2.87. The van der Waals surface area contributed by atoms with Crippen LogP contribution in [0.2, 0.25) is 0 Å². The molecule has 19 heavy (non-hydrogen) atoms. The molecule has 1 aromatic rings. The zero-order valence-electron chi connectivity index (χ0n) is 11.0. The SMILES string of the molecule is Cc1ccccc1N(CCCC(=O)O)CCC(=O)O. The maximum absolute atomic E-state index is 10.7. The molecule has 104 valence electrons. The molecule has 0 fully saturated rings. The average Bonchev–Trinajstić information content (AvgIpc) is 2.34. The Kier molecular flexibility index (Phi) is 5.85. The number of carboxylic acid groups (broad SMARTS) is 2. The Bertz CT molecular complexity index is 445. The monoisotopic (exact) mass is 265 g/mol. The van der Waals surface area contributed by atoms with Gasteiger partial charge in [0.1, 0.15) is 0 Å². The first-order chi connectivity index (χ1) is 9.00. The summed E-state index contributed by atoms with van der Waals surface area (Å²) >= 11 is 0. The lowest BCUT2D eigenvalue weighted by molar-refractivity contribution is -0.138. The number of anilines is 1. The molecule has 5 nitrogen and oxygen atoms in total. The molecule has 1 aromatic carbocycles. The zero-order valence-corrected chi connectivity index (χ0v) is 11.0. The van der Waals surface area contributed by atoms with E-state index in [1.807, 2.05) is 36.1 Å². The van der Waals surface area contributed by atoms with Crippen LogP contribution in [-0.2, 0) is 9.59 Å². The molecule has 0 atom stereocenters. The van der Waals surface area contributed by atoms with E-state index < -0.39 is 11.9 Å². The van der Waals surface area contributed by atoms with Crippen molar-refractivity contribution in [3.05, 3.63) is 29.8 Å². The zero-order chi connectivity index (χ0) is 14.3. The highest BCUT2D eigenvalue weighted by Crippen LogP contribution is 2.20. The third-order valence-corrected chi connectivity index (χ3v) is 2.87. The van der Waals surface area contributed by atoms with Gasteiger partial charge in [-0.25, -0.2) is 0 Å². The van der Waals surface area contributed by atoms with E-state index in [0.717, 1.165) is 11.3 Å². The lowest BCUT2D eigenvalue weighted by atomic mass is 10.1. The molecule has 0 aliphatic carbocycles. The summed E-state index contributed by atoms with van der Waals surface area (Å²) < 4.78 is 0. The van der Waals surface area contributed by atoms with Gasteiger partial charge in [-0.2, -0.15) is 0 Å². The van der Waals surface area contributed by atoms with Crippen LogP contribution in [0.25, 0.3) is 0 Å². The van der Waals surface area contributed by atoms with Gasteiger partial charge in [0.05, 0.1) is 6.42 Å². The van der Waals surface area contributed by atoms with E-state index in [1.165, 1.54) is 0 Å². The standard InChI is InChI=1S/C14H19NO4/c1-11-5-2-3-6-12(11)15(10-8-14(18)19)9-4-7-13(16)17/h2-3,5-6H,4,7-10H2,1H3,(H,16,17)(H,18,19). The number of nitrogens with zero attached hydrogens (tertiary/aromatic N) is 1. The average molecular weight is 265 g/mol. The molecule has 5 heteroatoms. The molecule has 0 bridgehead atoms. The van der Waals surface area contributed by atoms with Gasteiger partial charge in [-0.05, 0) is 25.0 Å². The first-order valence-corrected chi connectivity index (χ1v) is 6.25. The number of aliphatic carboxylic acids is 2. The van der Waals surface area contributed by atoms with Crippen LogP contribution in [0.5, 0.6) is 0 Å². The molecule has 0 aromatic heterocycles. The molecular weight excluding hydrogens is 246 g/mol. The summed E-state index contributed by atoms with van der Waals surface area (Å²) in [6.07, 6.45) is 0.639. The second kappa shape index (κ2) is 7.41. The second-order valence-corrected chi connectivity index (χ2v) is 4.41. The van der Waals surface area contributed by atoms with Crippen LogP contribution in [0, 0.1) is 6.92 Å². The number of hydrogen-bond acceptors (Lipinski definition) is 3. The fraction of sp³-hybridized carbons (Fsp3) is 0.429. The minimum Gasteiger partial charge on any atom is -0.481 e. The Balaban J connectivity index is 2.71. The summed E-state index contributed by atoms with van der Waals surface area (Å²) in [7, 11) is 0. The molecule has 0 heterocycles. The van der Waals surface area contributed by atoms with Gasteiger partial charge < -0.3 is 15.1 Å². The van der Waals surface area contributed by atoms with Crippen molar-refractivity contribution >= 4 is 17.6 Å². The van der Waals surface area contributed by atoms with Gasteiger partial charge in [0, 0.05) is 25.2 Å². The van der Waals surface area contributed by atoms with Crippen LogP contribution in [0.15, 0.2) is 24.3 Å². The lowest BCUT2D eigenvalue weighted by Gasteiger charge is -2.25. The Morgan fingerprint density at radius 1 is 1.05 bits per heavy atom. The van der Waals surface area contributed by atoms with Crippen LogP contribution in [-0.4, -0.2) is 35.2 Å². The van der Waals surface area contributed by atoms with Crippen molar-refractivity contribution in [1.82, 2.24) is 0 Å². The topological polar surface area (TPSA) is 77.8 Å². The van der Waals surface area contributed by atoms with Crippen molar-refractivity contribution in [1.29, 1.82) is 0 Å². The molecule has 0 radical (unpaired) electrons. The quantitative estimate of drug-likeness (QED) is 0.753. The number of benzene rings is 1. The van der Waals surface area contributed by atoms with E-state index in [9.17, 15) is 9.59 Å². The van der Waals surface area contributed by atoms with E-state index in [2.05, 4.69) is 0 Å². The summed E-state index contributed by atoms with van der Waals surface area (Å²) in [5.74, 6) is -1.68. The number of carbonyl (C=O) groups is 2. The first-order valence-electron chi connectivity index (χ1n) is 6.25.